The quantitative estimate of drug-likeness (QED) is 0.869. The Labute approximate surface area is 126 Å². The van der Waals surface area contributed by atoms with Crippen LogP contribution in [0.15, 0.2) is 42.5 Å². The SMILES string of the molecule is CCOCc1ccccc1CNc1ccc(C#N)c(C)c1. The Kier molecular flexibility index (Phi) is 5.36. The van der Waals surface area contributed by atoms with Crippen LogP contribution < -0.4 is 5.32 Å². The summed E-state index contributed by atoms with van der Waals surface area (Å²) in [5, 5.41) is 12.4. The Hall–Kier alpha value is -2.31. The van der Waals surface area contributed by atoms with Gasteiger partial charge in [0.25, 0.3) is 0 Å². The second kappa shape index (κ2) is 7.47. The molecule has 21 heavy (non-hydrogen) atoms. The first-order valence-corrected chi connectivity index (χ1v) is 7.13. The van der Waals surface area contributed by atoms with Gasteiger partial charge in [-0.15, -0.1) is 0 Å². The summed E-state index contributed by atoms with van der Waals surface area (Å²) in [6.07, 6.45) is 0. The summed E-state index contributed by atoms with van der Waals surface area (Å²) in [5.74, 6) is 0. The molecule has 0 spiro atoms. The number of rotatable bonds is 6. The van der Waals surface area contributed by atoms with Crippen LogP contribution >= 0.6 is 0 Å². The minimum Gasteiger partial charge on any atom is -0.381 e. The van der Waals surface area contributed by atoms with Crippen LogP contribution in [0.5, 0.6) is 0 Å². The van der Waals surface area contributed by atoms with Crippen molar-refractivity contribution in [3.63, 3.8) is 0 Å². The van der Waals surface area contributed by atoms with Crippen molar-refractivity contribution in [3.8, 4) is 6.07 Å². The zero-order chi connectivity index (χ0) is 15.1. The van der Waals surface area contributed by atoms with Crippen molar-refractivity contribution >= 4 is 5.69 Å². The number of nitrogens with one attached hydrogen (secondary N) is 1. The van der Waals surface area contributed by atoms with Gasteiger partial charge in [-0.2, -0.15) is 5.26 Å². The number of nitriles is 1. The molecule has 0 aromatic heterocycles. The van der Waals surface area contributed by atoms with Gasteiger partial charge in [0.15, 0.2) is 0 Å². The van der Waals surface area contributed by atoms with Crippen LogP contribution in [-0.2, 0) is 17.9 Å². The summed E-state index contributed by atoms with van der Waals surface area (Å²) in [6, 6.07) is 16.3. The molecule has 2 aromatic carbocycles. The first-order valence-electron chi connectivity index (χ1n) is 7.13. The van der Waals surface area contributed by atoms with Crippen LogP contribution in [0.1, 0.15) is 29.2 Å². The van der Waals surface area contributed by atoms with Gasteiger partial charge in [-0.25, -0.2) is 0 Å². The highest BCUT2D eigenvalue weighted by Gasteiger charge is 2.03. The molecular formula is C18H20N2O. The Bertz CT molecular complexity index is 644. The Balaban J connectivity index is 2.06. The molecule has 108 valence electrons. The third kappa shape index (κ3) is 4.08. The minimum atomic E-state index is 0.640. The summed E-state index contributed by atoms with van der Waals surface area (Å²) in [7, 11) is 0. The van der Waals surface area contributed by atoms with Gasteiger partial charge in [0, 0.05) is 18.8 Å². The van der Waals surface area contributed by atoms with E-state index in [-0.39, 0.29) is 0 Å². The highest BCUT2D eigenvalue weighted by atomic mass is 16.5. The molecular weight excluding hydrogens is 260 g/mol. The van der Waals surface area contributed by atoms with E-state index in [9.17, 15) is 0 Å². The van der Waals surface area contributed by atoms with E-state index >= 15 is 0 Å². The van der Waals surface area contributed by atoms with E-state index in [2.05, 4.69) is 23.5 Å². The molecule has 0 saturated carbocycles. The van der Waals surface area contributed by atoms with Crippen molar-refractivity contribution in [2.75, 3.05) is 11.9 Å². The maximum atomic E-state index is 8.95. The molecule has 0 amide bonds. The molecule has 1 N–H and O–H groups in total. The third-order valence-electron chi connectivity index (χ3n) is 3.41. The van der Waals surface area contributed by atoms with Crippen LogP contribution in [0.4, 0.5) is 5.69 Å². The average Bonchev–Trinajstić information content (AvgIpc) is 2.52. The molecule has 2 aromatic rings. The zero-order valence-corrected chi connectivity index (χ0v) is 12.5. The molecule has 0 bridgehead atoms. The summed E-state index contributed by atoms with van der Waals surface area (Å²) < 4.78 is 5.50. The van der Waals surface area contributed by atoms with Crippen molar-refractivity contribution in [3.05, 3.63) is 64.7 Å². The van der Waals surface area contributed by atoms with Gasteiger partial charge in [-0.1, -0.05) is 24.3 Å². The lowest BCUT2D eigenvalue weighted by molar-refractivity contribution is 0.133. The fourth-order valence-corrected chi connectivity index (χ4v) is 2.18. The van der Waals surface area contributed by atoms with E-state index in [1.807, 2.05) is 44.2 Å². The van der Waals surface area contributed by atoms with Gasteiger partial charge in [0.2, 0.25) is 0 Å². The second-order valence-corrected chi connectivity index (χ2v) is 4.90. The molecule has 0 radical (unpaired) electrons. The lowest BCUT2D eigenvalue weighted by atomic mass is 10.1. The largest absolute Gasteiger partial charge is 0.381 e. The van der Waals surface area contributed by atoms with Gasteiger partial charge in [-0.3, -0.25) is 0 Å². The standard InChI is InChI=1S/C18H20N2O/c1-3-21-13-17-7-5-4-6-16(17)12-20-18-9-8-15(11-19)14(2)10-18/h4-10,20H,3,12-13H2,1-2H3. The Morgan fingerprint density at radius 2 is 1.90 bits per heavy atom. The topological polar surface area (TPSA) is 45.0 Å². The van der Waals surface area contributed by atoms with E-state index in [1.165, 1.54) is 11.1 Å². The van der Waals surface area contributed by atoms with Crippen LogP contribution in [-0.4, -0.2) is 6.61 Å². The monoisotopic (exact) mass is 280 g/mol. The van der Waals surface area contributed by atoms with E-state index in [4.69, 9.17) is 10.00 Å². The third-order valence-corrected chi connectivity index (χ3v) is 3.41. The molecule has 0 heterocycles. The van der Waals surface area contributed by atoms with Crippen LogP contribution in [0.25, 0.3) is 0 Å². The van der Waals surface area contributed by atoms with Crippen molar-refractivity contribution < 1.29 is 4.74 Å². The van der Waals surface area contributed by atoms with Gasteiger partial charge in [0.05, 0.1) is 18.2 Å². The first-order chi connectivity index (χ1) is 10.2. The second-order valence-electron chi connectivity index (χ2n) is 4.90. The van der Waals surface area contributed by atoms with Crippen LogP contribution in [0.3, 0.4) is 0 Å². The number of hydrogen-bond acceptors (Lipinski definition) is 3. The minimum absolute atomic E-state index is 0.640. The van der Waals surface area contributed by atoms with E-state index < -0.39 is 0 Å². The highest BCUT2D eigenvalue weighted by Crippen LogP contribution is 2.17. The summed E-state index contributed by atoms with van der Waals surface area (Å²) in [5.41, 5.74) is 5.17. The van der Waals surface area contributed by atoms with Gasteiger partial charge in [-0.05, 0) is 48.7 Å². The Morgan fingerprint density at radius 1 is 1.14 bits per heavy atom. The smallest absolute Gasteiger partial charge is 0.0994 e. The molecule has 0 saturated heterocycles. The molecule has 0 fully saturated rings. The highest BCUT2D eigenvalue weighted by molar-refractivity contribution is 5.52. The predicted molar refractivity (Wildman–Crippen MR) is 85.0 cm³/mol. The number of aryl methyl sites for hydroxylation is 1. The predicted octanol–water partition coefficient (Wildman–Crippen LogP) is 4.02. The fourth-order valence-electron chi connectivity index (χ4n) is 2.18. The number of hydrogen-bond donors (Lipinski definition) is 1. The summed E-state index contributed by atoms with van der Waals surface area (Å²) in [4.78, 5) is 0. The Morgan fingerprint density at radius 3 is 2.57 bits per heavy atom. The van der Waals surface area contributed by atoms with Crippen molar-refractivity contribution in [1.82, 2.24) is 0 Å². The van der Waals surface area contributed by atoms with Crippen LogP contribution in [0, 0.1) is 18.3 Å². The van der Waals surface area contributed by atoms with Gasteiger partial charge >= 0.3 is 0 Å². The molecule has 0 aliphatic heterocycles. The molecule has 3 nitrogen and oxygen atoms in total. The average molecular weight is 280 g/mol. The molecule has 2 rings (SSSR count). The van der Waals surface area contributed by atoms with E-state index in [0.29, 0.717) is 6.61 Å². The maximum Gasteiger partial charge on any atom is 0.0994 e. The molecule has 0 atom stereocenters. The lowest BCUT2D eigenvalue weighted by Crippen LogP contribution is -2.04. The number of benzene rings is 2. The van der Waals surface area contributed by atoms with Crippen molar-refractivity contribution in [2.24, 2.45) is 0 Å². The molecule has 0 aliphatic rings. The zero-order valence-electron chi connectivity index (χ0n) is 12.5. The van der Waals surface area contributed by atoms with E-state index in [0.717, 1.165) is 30.0 Å². The van der Waals surface area contributed by atoms with Gasteiger partial charge < -0.3 is 10.1 Å². The normalized spacial score (nSPS) is 10.1. The summed E-state index contributed by atoms with van der Waals surface area (Å²) in [6.45, 7) is 6.05. The molecule has 0 aliphatic carbocycles. The molecule has 3 heteroatoms. The van der Waals surface area contributed by atoms with Gasteiger partial charge in [0.1, 0.15) is 0 Å². The fraction of sp³-hybridized carbons (Fsp3) is 0.278. The number of ether oxygens (including phenoxy) is 1. The molecule has 0 unspecified atom stereocenters. The number of nitrogens with zero attached hydrogens (tertiary/aromatic N) is 1. The van der Waals surface area contributed by atoms with Crippen molar-refractivity contribution in [2.45, 2.75) is 27.0 Å². The first kappa shape index (κ1) is 15.1. The van der Waals surface area contributed by atoms with E-state index in [1.54, 1.807) is 0 Å². The van der Waals surface area contributed by atoms with Crippen LogP contribution in [0.2, 0.25) is 0 Å². The lowest BCUT2D eigenvalue weighted by Gasteiger charge is -2.12. The summed E-state index contributed by atoms with van der Waals surface area (Å²) >= 11 is 0. The maximum absolute atomic E-state index is 8.95. The van der Waals surface area contributed by atoms with Crippen molar-refractivity contribution in [1.29, 1.82) is 5.26 Å². The number of anilines is 1.